The molecule has 0 radical (unpaired) electrons. The van der Waals surface area contributed by atoms with E-state index in [0.29, 0.717) is 11.5 Å². The van der Waals surface area contributed by atoms with Crippen molar-refractivity contribution in [2.75, 3.05) is 0 Å². The van der Waals surface area contributed by atoms with Gasteiger partial charge in [0.15, 0.2) is 0 Å². The van der Waals surface area contributed by atoms with E-state index in [-0.39, 0.29) is 5.69 Å². The molecule has 2 aromatic carbocycles. The van der Waals surface area contributed by atoms with Gasteiger partial charge in [-0.1, -0.05) is 0 Å². The fourth-order valence-electron chi connectivity index (χ4n) is 1.89. The molecule has 0 bridgehead atoms. The Labute approximate surface area is 118 Å². The zero-order valence-electron chi connectivity index (χ0n) is 10.6. The van der Waals surface area contributed by atoms with E-state index in [2.05, 4.69) is 4.37 Å². The highest BCUT2D eigenvalue weighted by molar-refractivity contribution is 7.04. The fraction of sp³-hybridized carbons (Fsp3) is 0.0714. The molecule has 0 saturated carbocycles. The molecule has 3 rings (SSSR count). The van der Waals surface area contributed by atoms with Crippen molar-refractivity contribution in [3.8, 4) is 11.5 Å². The Kier molecular flexibility index (Phi) is 3.08. The van der Waals surface area contributed by atoms with Gasteiger partial charge in [-0.2, -0.15) is 4.37 Å². The summed E-state index contributed by atoms with van der Waals surface area (Å²) in [5.41, 5.74) is 1.66. The third-order valence-electron chi connectivity index (χ3n) is 2.93. The predicted molar refractivity (Wildman–Crippen MR) is 77.5 cm³/mol. The van der Waals surface area contributed by atoms with Gasteiger partial charge in [0.2, 0.25) is 0 Å². The van der Waals surface area contributed by atoms with E-state index in [4.69, 9.17) is 4.74 Å². The van der Waals surface area contributed by atoms with Crippen molar-refractivity contribution < 1.29 is 9.66 Å². The van der Waals surface area contributed by atoms with Crippen molar-refractivity contribution in [1.29, 1.82) is 0 Å². The zero-order valence-corrected chi connectivity index (χ0v) is 11.4. The summed E-state index contributed by atoms with van der Waals surface area (Å²) in [6, 6.07) is 10.2. The van der Waals surface area contributed by atoms with Gasteiger partial charge in [0.1, 0.15) is 11.5 Å². The van der Waals surface area contributed by atoms with Gasteiger partial charge in [-0.3, -0.25) is 10.1 Å². The number of ether oxygens (including phenoxy) is 1. The molecule has 1 aromatic heterocycles. The summed E-state index contributed by atoms with van der Waals surface area (Å²) in [7, 11) is 0. The van der Waals surface area contributed by atoms with Crippen molar-refractivity contribution in [3.63, 3.8) is 0 Å². The first kappa shape index (κ1) is 12.6. The summed E-state index contributed by atoms with van der Waals surface area (Å²) in [6.45, 7) is 1.78. The Hall–Kier alpha value is -2.47. The highest BCUT2D eigenvalue weighted by atomic mass is 32.1. The molecule has 1 heterocycles. The summed E-state index contributed by atoms with van der Waals surface area (Å²) in [5.74, 6) is 1.27. The molecule has 0 aliphatic heterocycles. The van der Waals surface area contributed by atoms with Crippen LogP contribution in [0.2, 0.25) is 0 Å². The zero-order chi connectivity index (χ0) is 14.1. The first-order valence-corrected chi connectivity index (χ1v) is 6.74. The van der Waals surface area contributed by atoms with Crippen LogP contribution in [-0.4, -0.2) is 9.30 Å². The van der Waals surface area contributed by atoms with Gasteiger partial charge in [0.25, 0.3) is 5.69 Å². The quantitative estimate of drug-likeness (QED) is 0.531. The van der Waals surface area contributed by atoms with E-state index in [1.165, 1.54) is 23.7 Å². The number of hydrogen-bond acceptors (Lipinski definition) is 5. The van der Waals surface area contributed by atoms with Crippen LogP contribution >= 0.6 is 11.5 Å². The van der Waals surface area contributed by atoms with Gasteiger partial charge in [0.05, 0.1) is 10.4 Å². The maximum absolute atomic E-state index is 10.7. The van der Waals surface area contributed by atoms with Crippen LogP contribution in [0.5, 0.6) is 11.5 Å². The van der Waals surface area contributed by atoms with Crippen molar-refractivity contribution in [3.05, 3.63) is 57.5 Å². The average molecular weight is 286 g/mol. The monoisotopic (exact) mass is 286 g/mol. The number of benzene rings is 2. The van der Waals surface area contributed by atoms with Crippen LogP contribution < -0.4 is 4.74 Å². The molecular formula is C14H10N2O3S. The van der Waals surface area contributed by atoms with Crippen LogP contribution in [0.25, 0.3) is 10.9 Å². The molecule has 6 heteroatoms. The smallest absolute Gasteiger partial charge is 0.269 e. The van der Waals surface area contributed by atoms with Gasteiger partial charge < -0.3 is 4.74 Å². The minimum atomic E-state index is -0.419. The predicted octanol–water partition coefficient (Wildman–Crippen LogP) is 4.31. The molecule has 0 spiro atoms. The second kappa shape index (κ2) is 4.90. The number of nitrogens with zero attached hydrogens (tertiary/aromatic N) is 2. The molecule has 0 fully saturated rings. The minimum Gasteiger partial charge on any atom is -0.457 e. The van der Waals surface area contributed by atoms with E-state index in [1.807, 2.05) is 23.6 Å². The fourth-order valence-corrected chi connectivity index (χ4v) is 2.53. The lowest BCUT2D eigenvalue weighted by atomic mass is 10.2. The van der Waals surface area contributed by atoms with Crippen molar-refractivity contribution in [1.82, 2.24) is 4.37 Å². The minimum absolute atomic E-state index is 0.0600. The van der Waals surface area contributed by atoms with Crippen molar-refractivity contribution >= 4 is 28.1 Å². The summed E-state index contributed by atoms with van der Waals surface area (Å²) in [6.07, 6.45) is 0. The number of nitro benzene ring substituents is 1. The van der Waals surface area contributed by atoms with E-state index < -0.39 is 4.92 Å². The summed E-state index contributed by atoms with van der Waals surface area (Å²) in [4.78, 5) is 10.3. The van der Waals surface area contributed by atoms with Crippen molar-refractivity contribution in [2.45, 2.75) is 6.92 Å². The molecule has 0 N–H and O–H groups in total. The second-order valence-corrected chi connectivity index (χ2v) is 4.97. The average Bonchev–Trinajstić information content (AvgIpc) is 2.88. The maximum atomic E-state index is 10.7. The van der Waals surface area contributed by atoms with Gasteiger partial charge in [-0.05, 0) is 42.2 Å². The number of aromatic nitrogens is 1. The first-order valence-electron chi connectivity index (χ1n) is 5.90. The molecule has 0 saturated heterocycles. The lowest BCUT2D eigenvalue weighted by Gasteiger charge is -2.08. The lowest BCUT2D eigenvalue weighted by molar-refractivity contribution is -0.384. The Balaban J connectivity index is 1.92. The highest BCUT2D eigenvalue weighted by Crippen LogP contribution is 2.30. The SMILES string of the molecule is Cc1cc([N+](=O)[O-])ccc1Oc1ccc2csnc2c1. The van der Waals surface area contributed by atoms with Crippen LogP contribution in [0.4, 0.5) is 5.69 Å². The first-order chi connectivity index (χ1) is 9.63. The Bertz CT molecular complexity index is 798. The molecule has 100 valence electrons. The molecular weight excluding hydrogens is 276 g/mol. The van der Waals surface area contributed by atoms with Crippen LogP contribution in [0.15, 0.2) is 41.8 Å². The molecule has 0 aliphatic carbocycles. The summed E-state index contributed by atoms with van der Waals surface area (Å²) >= 11 is 1.40. The standard InChI is InChI=1S/C14H10N2O3S/c1-9-6-11(16(17)18)3-5-14(9)19-12-4-2-10-8-20-15-13(10)7-12/h2-8H,1H3. The Morgan fingerprint density at radius 3 is 2.85 bits per heavy atom. The Morgan fingerprint density at radius 1 is 1.25 bits per heavy atom. The van der Waals surface area contributed by atoms with Crippen LogP contribution in [0.3, 0.4) is 0 Å². The number of aryl methyl sites for hydroxylation is 1. The molecule has 5 nitrogen and oxygen atoms in total. The van der Waals surface area contributed by atoms with Crippen LogP contribution in [0, 0.1) is 17.0 Å². The number of fused-ring (bicyclic) bond motifs is 1. The Morgan fingerprint density at radius 2 is 2.10 bits per heavy atom. The molecule has 3 aromatic rings. The summed E-state index contributed by atoms with van der Waals surface area (Å²) in [5, 5.41) is 13.7. The topological polar surface area (TPSA) is 65.3 Å². The van der Waals surface area contributed by atoms with Gasteiger partial charge in [-0.15, -0.1) is 0 Å². The third-order valence-corrected chi connectivity index (χ3v) is 3.59. The van der Waals surface area contributed by atoms with Crippen molar-refractivity contribution in [2.24, 2.45) is 0 Å². The number of hydrogen-bond donors (Lipinski definition) is 0. The molecule has 0 unspecified atom stereocenters. The molecule has 20 heavy (non-hydrogen) atoms. The van der Waals surface area contributed by atoms with Crippen LogP contribution in [0.1, 0.15) is 5.56 Å². The normalized spacial score (nSPS) is 10.7. The number of nitro groups is 1. The highest BCUT2D eigenvalue weighted by Gasteiger charge is 2.10. The number of non-ortho nitro benzene ring substituents is 1. The van der Waals surface area contributed by atoms with Gasteiger partial charge in [0, 0.05) is 29.0 Å². The largest absolute Gasteiger partial charge is 0.457 e. The van der Waals surface area contributed by atoms with E-state index in [0.717, 1.165) is 16.5 Å². The van der Waals surface area contributed by atoms with E-state index in [9.17, 15) is 10.1 Å². The van der Waals surface area contributed by atoms with Gasteiger partial charge in [-0.25, -0.2) is 0 Å². The molecule has 0 atom stereocenters. The van der Waals surface area contributed by atoms with Crippen LogP contribution in [-0.2, 0) is 0 Å². The number of rotatable bonds is 3. The molecule has 0 amide bonds. The maximum Gasteiger partial charge on any atom is 0.269 e. The van der Waals surface area contributed by atoms with Gasteiger partial charge >= 0.3 is 0 Å². The van der Waals surface area contributed by atoms with E-state index in [1.54, 1.807) is 13.0 Å². The third kappa shape index (κ3) is 2.33. The van der Waals surface area contributed by atoms with E-state index >= 15 is 0 Å². The second-order valence-electron chi connectivity index (χ2n) is 4.34. The lowest BCUT2D eigenvalue weighted by Crippen LogP contribution is -1.91. The molecule has 0 aliphatic rings. The summed E-state index contributed by atoms with van der Waals surface area (Å²) < 4.78 is 10.0.